The third kappa shape index (κ3) is 3.67. The normalized spacial score (nSPS) is 11.3. The molecule has 0 bridgehead atoms. The first-order chi connectivity index (χ1) is 9.35. The molecular weight excluding hydrogens is 252 g/mol. The van der Waals surface area contributed by atoms with Gasteiger partial charge < -0.3 is 4.74 Å². The third-order valence-electron chi connectivity index (χ3n) is 2.80. The summed E-state index contributed by atoms with van der Waals surface area (Å²) >= 11 is 0. The van der Waals surface area contributed by atoms with Gasteiger partial charge in [0.25, 0.3) is 0 Å². The van der Waals surface area contributed by atoms with Gasteiger partial charge in [-0.3, -0.25) is 9.59 Å². The molecular formula is C17H18O3. The Balaban J connectivity index is 2.13. The first-order valence-corrected chi connectivity index (χ1v) is 6.59. The minimum atomic E-state index is -0.569. The molecule has 3 heteroatoms. The number of carbonyl (C=O) groups excluding carboxylic acids is 2. The maximum absolute atomic E-state index is 12.1. The van der Waals surface area contributed by atoms with Gasteiger partial charge in [0, 0.05) is 5.56 Å². The highest BCUT2D eigenvalue weighted by Crippen LogP contribution is 2.17. The Morgan fingerprint density at radius 1 is 1.00 bits per heavy atom. The van der Waals surface area contributed by atoms with Gasteiger partial charge in [-0.1, -0.05) is 36.4 Å². The molecule has 0 heterocycles. The van der Waals surface area contributed by atoms with Crippen LogP contribution in [0.15, 0.2) is 42.5 Å². The SMILES string of the molecule is CC(C)(C)OC(=O)CC(=O)c1ccc2ccccc2c1. The van der Waals surface area contributed by atoms with E-state index in [1.54, 1.807) is 26.8 Å². The molecule has 2 rings (SSSR count). The van der Waals surface area contributed by atoms with Crippen molar-refractivity contribution in [3.63, 3.8) is 0 Å². The van der Waals surface area contributed by atoms with E-state index in [-0.39, 0.29) is 12.2 Å². The Morgan fingerprint density at radius 2 is 1.65 bits per heavy atom. The quantitative estimate of drug-likeness (QED) is 0.484. The third-order valence-corrected chi connectivity index (χ3v) is 2.80. The fourth-order valence-electron chi connectivity index (χ4n) is 1.97. The minimum Gasteiger partial charge on any atom is -0.460 e. The highest BCUT2D eigenvalue weighted by Gasteiger charge is 2.19. The number of hydrogen-bond acceptors (Lipinski definition) is 3. The highest BCUT2D eigenvalue weighted by molar-refractivity contribution is 6.07. The van der Waals surface area contributed by atoms with E-state index in [2.05, 4.69) is 0 Å². The van der Waals surface area contributed by atoms with Crippen molar-refractivity contribution in [1.29, 1.82) is 0 Å². The molecule has 3 nitrogen and oxygen atoms in total. The van der Waals surface area contributed by atoms with Crippen molar-refractivity contribution in [2.45, 2.75) is 32.8 Å². The van der Waals surface area contributed by atoms with Gasteiger partial charge in [0.05, 0.1) is 0 Å². The molecule has 0 unspecified atom stereocenters. The average Bonchev–Trinajstić information content (AvgIpc) is 2.35. The fraction of sp³-hybridized carbons (Fsp3) is 0.294. The number of rotatable bonds is 3. The number of Topliss-reactive ketones (excluding diaryl/α,β-unsaturated/α-hetero) is 1. The van der Waals surface area contributed by atoms with Crippen molar-refractivity contribution < 1.29 is 14.3 Å². The van der Waals surface area contributed by atoms with Crippen molar-refractivity contribution in [2.24, 2.45) is 0 Å². The molecule has 0 amide bonds. The summed E-state index contributed by atoms with van der Waals surface area (Å²) in [7, 11) is 0. The first-order valence-electron chi connectivity index (χ1n) is 6.59. The summed E-state index contributed by atoms with van der Waals surface area (Å²) in [6.45, 7) is 5.35. The van der Waals surface area contributed by atoms with Crippen LogP contribution in [0, 0.1) is 0 Å². The molecule has 104 valence electrons. The summed E-state index contributed by atoms with van der Waals surface area (Å²) < 4.78 is 5.16. The van der Waals surface area contributed by atoms with Crippen molar-refractivity contribution in [3.8, 4) is 0 Å². The fourth-order valence-corrected chi connectivity index (χ4v) is 1.97. The molecule has 0 N–H and O–H groups in total. The number of benzene rings is 2. The largest absolute Gasteiger partial charge is 0.460 e. The summed E-state index contributed by atoms with van der Waals surface area (Å²) in [5.41, 5.74) is -0.0321. The van der Waals surface area contributed by atoms with Crippen LogP contribution in [0.4, 0.5) is 0 Å². The van der Waals surface area contributed by atoms with Gasteiger partial charge in [0.2, 0.25) is 0 Å². The van der Waals surface area contributed by atoms with Crippen LogP contribution in [-0.4, -0.2) is 17.4 Å². The van der Waals surface area contributed by atoms with E-state index in [1.165, 1.54) is 0 Å². The Bertz CT molecular complexity index is 651. The molecule has 2 aromatic carbocycles. The maximum Gasteiger partial charge on any atom is 0.314 e. The molecule has 2 aromatic rings. The second kappa shape index (κ2) is 5.45. The van der Waals surface area contributed by atoms with E-state index in [4.69, 9.17) is 4.74 Å². The second-order valence-corrected chi connectivity index (χ2v) is 5.75. The van der Waals surface area contributed by atoms with Crippen molar-refractivity contribution in [3.05, 3.63) is 48.0 Å². The molecule has 0 aliphatic rings. The smallest absolute Gasteiger partial charge is 0.314 e. The van der Waals surface area contributed by atoms with Crippen LogP contribution in [-0.2, 0) is 9.53 Å². The van der Waals surface area contributed by atoms with E-state index in [9.17, 15) is 9.59 Å². The summed E-state index contributed by atoms with van der Waals surface area (Å²) in [6, 6.07) is 13.2. The van der Waals surface area contributed by atoms with Gasteiger partial charge in [-0.25, -0.2) is 0 Å². The lowest BCUT2D eigenvalue weighted by Gasteiger charge is -2.19. The van der Waals surface area contributed by atoms with Crippen LogP contribution in [0.2, 0.25) is 0 Å². The number of ether oxygens (including phenoxy) is 1. The van der Waals surface area contributed by atoms with Crippen LogP contribution >= 0.6 is 0 Å². The van der Waals surface area contributed by atoms with Crippen LogP contribution < -0.4 is 0 Å². The van der Waals surface area contributed by atoms with Crippen LogP contribution in [0.25, 0.3) is 10.8 Å². The predicted molar refractivity (Wildman–Crippen MR) is 78.7 cm³/mol. The topological polar surface area (TPSA) is 43.4 Å². The van der Waals surface area contributed by atoms with Crippen LogP contribution in [0.1, 0.15) is 37.6 Å². The molecule has 0 fully saturated rings. The Labute approximate surface area is 118 Å². The lowest BCUT2D eigenvalue weighted by atomic mass is 10.0. The summed E-state index contributed by atoms with van der Waals surface area (Å²) in [4.78, 5) is 23.7. The van der Waals surface area contributed by atoms with E-state index in [1.807, 2.05) is 36.4 Å². The molecule has 0 atom stereocenters. The van der Waals surface area contributed by atoms with Crippen LogP contribution in [0.3, 0.4) is 0 Å². The van der Waals surface area contributed by atoms with Crippen molar-refractivity contribution in [1.82, 2.24) is 0 Å². The predicted octanol–water partition coefficient (Wildman–Crippen LogP) is 3.75. The van der Waals surface area contributed by atoms with Crippen molar-refractivity contribution in [2.75, 3.05) is 0 Å². The zero-order valence-corrected chi connectivity index (χ0v) is 12.0. The van der Waals surface area contributed by atoms with E-state index in [0.717, 1.165) is 10.8 Å². The molecule has 0 aliphatic carbocycles. The lowest BCUT2D eigenvalue weighted by molar-refractivity contribution is -0.153. The number of ketones is 1. The number of hydrogen-bond donors (Lipinski definition) is 0. The Hall–Kier alpha value is -2.16. The first kappa shape index (κ1) is 14.3. The maximum atomic E-state index is 12.1. The number of esters is 1. The van der Waals surface area contributed by atoms with E-state index in [0.29, 0.717) is 5.56 Å². The monoisotopic (exact) mass is 270 g/mol. The summed E-state index contributed by atoms with van der Waals surface area (Å²) in [6.07, 6.45) is -0.227. The number of carbonyl (C=O) groups is 2. The average molecular weight is 270 g/mol. The zero-order valence-electron chi connectivity index (χ0n) is 12.0. The van der Waals surface area contributed by atoms with Gasteiger partial charge in [-0.2, -0.15) is 0 Å². The lowest BCUT2D eigenvalue weighted by Crippen LogP contribution is -2.25. The second-order valence-electron chi connectivity index (χ2n) is 5.75. The summed E-state index contributed by atoms with van der Waals surface area (Å²) in [5, 5.41) is 2.06. The molecule has 0 aromatic heterocycles. The van der Waals surface area contributed by atoms with Gasteiger partial charge in [-0.05, 0) is 37.6 Å². The molecule has 0 radical (unpaired) electrons. The molecule has 0 saturated carbocycles. The van der Waals surface area contributed by atoms with Gasteiger partial charge >= 0.3 is 5.97 Å². The number of fused-ring (bicyclic) bond motifs is 1. The summed E-state index contributed by atoms with van der Waals surface area (Å²) in [5.74, 6) is -0.708. The Kier molecular flexibility index (Phi) is 3.89. The van der Waals surface area contributed by atoms with Gasteiger partial charge in [0.15, 0.2) is 5.78 Å². The molecule has 0 aliphatic heterocycles. The van der Waals surface area contributed by atoms with E-state index < -0.39 is 11.6 Å². The van der Waals surface area contributed by atoms with Crippen molar-refractivity contribution >= 4 is 22.5 Å². The standard InChI is InChI=1S/C17H18O3/c1-17(2,3)20-16(19)11-15(18)14-9-8-12-6-4-5-7-13(12)10-14/h4-10H,11H2,1-3H3. The minimum absolute atomic E-state index is 0.218. The van der Waals surface area contributed by atoms with E-state index >= 15 is 0 Å². The van der Waals surface area contributed by atoms with Crippen LogP contribution in [0.5, 0.6) is 0 Å². The van der Waals surface area contributed by atoms with Gasteiger partial charge in [0.1, 0.15) is 12.0 Å². The molecule has 0 spiro atoms. The van der Waals surface area contributed by atoms with Gasteiger partial charge in [-0.15, -0.1) is 0 Å². The molecule has 20 heavy (non-hydrogen) atoms. The highest BCUT2D eigenvalue weighted by atomic mass is 16.6. The zero-order chi connectivity index (χ0) is 14.8. The Morgan fingerprint density at radius 3 is 2.30 bits per heavy atom. The molecule has 0 saturated heterocycles.